The maximum absolute atomic E-state index is 5.43. The van der Waals surface area contributed by atoms with Gasteiger partial charge in [0.05, 0.1) is 5.56 Å². The zero-order chi connectivity index (χ0) is 6.97. The van der Waals surface area contributed by atoms with E-state index in [2.05, 4.69) is 14.9 Å². The van der Waals surface area contributed by atoms with Crippen LogP contribution in [0.2, 0.25) is 0 Å². The van der Waals surface area contributed by atoms with Gasteiger partial charge in [0, 0.05) is 5.27 Å². The summed E-state index contributed by atoms with van der Waals surface area (Å²) in [6, 6.07) is 5.52. The van der Waals surface area contributed by atoms with Gasteiger partial charge < -0.3 is 10.3 Å². The van der Waals surface area contributed by atoms with Crippen LogP contribution in [0, 0.1) is 0 Å². The molecular weight excluding hydrogens is 130 g/mol. The Hall–Kier alpha value is -1.58. The third kappa shape index (κ3) is 0.556. The van der Waals surface area contributed by atoms with E-state index < -0.39 is 0 Å². The molecule has 0 fully saturated rings. The lowest BCUT2D eigenvalue weighted by molar-refractivity contribution is 0.378. The van der Waals surface area contributed by atoms with Crippen LogP contribution in [0.15, 0.2) is 22.7 Å². The molecule has 0 atom stereocenters. The van der Waals surface area contributed by atoms with Crippen molar-refractivity contribution >= 4 is 5.88 Å². The van der Waals surface area contributed by atoms with Gasteiger partial charge in [0.25, 0.3) is 0 Å². The lowest BCUT2D eigenvalue weighted by Gasteiger charge is -1.95. The highest BCUT2D eigenvalue weighted by molar-refractivity contribution is 5.70. The molecule has 0 saturated heterocycles. The summed E-state index contributed by atoms with van der Waals surface area (Å²) in [5.41, 5.74) is 7.01. The minimum atomic E-state index is 0.315. The number of anilines is 1. The number of nitrogens with zero attached hydrogens (tertiary/aromatic N) is 2. The summed E-state index contributed by atoms with van der Waals surface area (Å²) in [7, 11) is 0. The largest absolute Gasteiger partial charge is 0.367 e. The van der Waals surface area contributed by atoms with E-state index in [1.807, 2.05) is 18.2 Å². The fourth-order valence-electron chi connectivity index (χ4n) is 0.864. The van der Waals surface area contributed by atoms with Crippen molar-refractivity contribution < 1.29 is 4.52 Å². The van der Waals surface area contributed by atoms with Crippen molar-refractivity contribution in [3.8, 4) is 11.3 Å². The molecule has 4 heteroatoms. The molecule has 0 bridgehead atoms. The van der Waals surface area contributed by atoms with Crippen molar-refractivity contribution in [1.82, 2.24) is 10.4 Å². The van der Waals surface area contributed by atoms with Crippen LogP contribution in [-0.2, 0) is 0 Å². The first-order valence-electron chi connectivity index (χ1n) is 2.84. The Morgan fingerprint density at radius 1 is 1.40 bits per heavy atom. The summed E-state index contributed by atoms with van der Waals surface area (Å²) in [4.78, 5) is 0. The van der Waals surface area contributed by atoms with Gasteiger partial charge in [0.1, 0.15) is 5.69 Å². The molecule has 0 saturated carbocycles. The maximum atomic E-state index is 5.43. The van der Waals surface area contributed by atoms with Gasteiger partial charge in [0.2, 0.25) is 5.88 Å². The van der Waals surface area contributed by atoms with Crippen molar-refractivity contribution in [3.05, 3.63) is 18.2 Å². The van der Waals surface area contributed by atoms with Crippen molar-refractivity contribution in [1.29, 1.82) is 0 Å². The van der Waals surface area contributed by atoms with Gasteiger partial charge in [-0.3, -0.25) is 0 Å². The molecular formula is C6H5N3O. The molecule has 0 spiro atoms. The zero-order valence-corrected chi connectivity index (χ0v) is 5.11. The number of aromatic nitrogens is 2. The Kier molecular flexibility index (Phi) is 0.887. The van der Waals surface area contributed by atoms with Crippen LogP contribution in [0.1, 0.15) is 0 Å². The van der Waals surface area contributed by atoms with Crippen molar-refractivity contribution in [3.63, 3.8) is 0 Å². The van der Waals surface area contributed by atoms with E-state index in [-0.39, 0.29) is 0 Å². The van der Waals surface area contributed by atoms with Gasteiger partial charge in [-0.25, -0.2) is 0 Å². The first kappa shape index (κ1) is 5.22. The molecule has 4 nitrogen and oxygen atoms in total. The molecule has 1 aliphatic carbocycles. The Balaban J connectivity index is 2.80. The van der Waals surface area contributed by atoms with Crippen molar-refractivity contribution in [2.45, 2.75) is 0 Å². The fourth-order valence-corrected chi connectivity index (χ4v) is 0.864. The van der Waals surface area contributed by atoms with Crippen LogP contribution >= 0.6 is 0 Å². The predicted octanol–water partition coefficient (Wildman–Crippen LogP) is 0.757. The van der Waals surface area contributed by atoms with E-state index in [0.29, 0.717) is 5.88 Å². The minimum Gasteiger partial charge on any atom is -0.367 e. The van der Waals surface area contributed by atoms with Crippen LogP contribution in [-0.4, -0.2) is 10.4 Å². The summed E-state index contributed by atoms with van der Waals surface area (Å²) < 4.78 is 4.62. The molecule has 0 aromatic carbocycles. The van der Waals surface area contributed by atoms with E-state index in [4.69, 9.17) is 5.73 Å². The van der Waals surface area contributed by atoms with E-state index in [0.717, 1.165) is 11.3 Å². The van der Waals surface area contributed by atoms with Crippen LogP contribution in [0.4, 0.5) is 5.88 Å². The molecule has 0 aromatic heterocycles. The zero-order valence-electron chi connectivity index (χ0n) is 5.11. The topological polar surface area (TPSA) is 64.9 Å². The van der Waals surface area contributed by atoms with Gasteiger partial charge in [0.15, 0.2) is 0 Å². The van der Waals surface area contributed by atoms with Crippen LogP contribution in [0.3, 0.4) is 0 Å². The molecule has 50 valence electrons. The van der Waals surface area contributed by atoms with E-state index >= 15 is 0 Å². The second kappa shape index (κ2) is 1.70. The van der Waals surface area contributed by atoms with Gasteiger partial charge in [-0.2, -0.15) is 0 Å². The summed E-state index contributed by atoms with van der Waals surface area (Å²) in [5, 5.41) is 7.04. The number of fused-ring (bicyclic) bond motifs is 1. The monoisotopic (exact) mass is 135 g/mol. The Bertz CT molecular complexity index is 317. The first-order valence-corrected chi connectivity index (χ1v) is 2.84. The quantitative estimate of drug-likeness (QED) is 0.579. The summed E-state index contributed by atoms with van der Waals surface area (Å²) >= 11 is 0. The molecule has 0 amide bonds. The summed E-state index contributed by atoms with van der Waals surface area (Å²) in [5.74, 6) is 0.315. The number of nitrogen functional groups attached to an aromatic ring is 1. The van der Waals surface area contributed by atoms with Crippen molar-refractivity contribution in [2.24, 2.45) is 0 Å². The molecule has 0 unspecified atom stereocenters. The lowest BCUT2D eigenvalue weighted by Crippen LogP contribution is -1.92. The highest BCUT2D eigenvalue weighted by Crippen LogP contribution is 2.24. The van der Waals surface area contributed by atoms with Gasteiger partial charge in [-0.05, 0) is 12.1 Å². The number of nitrogens with two attached hydrogens (primary N) is 1. The fraction of sp³-hybridized carbons (Fsp3) is 0. The molecule has 0 aromatic rings. The highest BCUT2D eigenvalue weighted by atomic mass is 16.5. The maximum Gasteiger partial charge on any atom is 0.231 e. The molecule has 2 aliphatic rings. The van der Waals surface area contributed by atoms with Gasteiger partial charge in [-0.15, -0.1) is 5.10 Å². The normalized spacial score (nSPS) is 10.4. The molecule has 1 heterocycles. The average molecular weight is 135 g/mol. The minimum absolute atomic E-state index is 0.315. The Labute approximate surface area is 57.0 Å². The molecule has 2 rings (SSSR count). The molecule has 10 heavy (non-hydrogen) atoms. The van der Waals surface area contributed by atoms with E-state index in [1.54, 1.807) is 0 Å². The van der Waals surface area contributed by atoms with E-state index in [9.17, 15) is 0 Å². The summed E-state index contributed by atoms with van der Waals surface area (Å²) in [6.07, 6.45) is 0. The van der Waals surface area contributed by atoms with Crippen LogP contribution in [0.5, 0.6) is 0 Å². The van der Waals surface area contributed by atoms with Gasteiger partial charge >= 0.3 is 0 Å². The smallest absolute Gasteiger partial charge is 0.231 e. The van der Waals surface area contributed by atoms with Gasteiger partial charge in [-0.1, -0.05) is 6.07 Å². The number of hydrogen-bond acceptors (Lipinski definition) is 4. The summed E-state index contributed by atoms with van der Waals surface area (Å²) in [6.45, 7) is 0. The van der Waals surface area contributed by atoms with E-state index in [1.165, 1.54) is 0 Å². The Morgan fingerprint density at radius 3 is 3.10 bits per heavy atom. The first-order chi connectivity index (χ1) is 4.88. The highest BCUT2D eigenvalue weighted by Gasteiger charge is 2.08. The second-order valence-electron chi connectivity index (χ2n) is 1.96. The molecule has 2 N–H and O–H groups in total. The van der Waals surface area contributed by atoms with Crippen LogP contribution < -0.4 is 5.73 Å². The third-order valence-corrected chi connectivity index (χ3v) is 1.35. The predicted molar refractivity (Wildman–Crippen MR) is 35.3 cm³/mol. The Morgan fingerprint density at radius 2 is 2.30 bits per heavy atom. The average Bonchev–Trinajstić information content (AvgIpc) is 2.36. The lowest BCUT2D eigenvalue weighted by atomic mass is 10.3. The molecule has 1 aliphatic heterocycles. The number of rotatable bonds is 0. The molecule has 0 radical (unpaired) electrons. The third-order valence-electron chi connectivity index (χ3n) is 1.35. The standard InChI is InChI=1S/C6H5N3O/c7-6-4-2-1-3-5(4)8-9-10-6/h1-3H,7H2. The van der Waals surface area contributed by atoms with Crippen molar-refractivity contribution in [2.75, 3.05) is 5.73 Å². The SMILES string of the molecule is Nc1onnc2cccc1-2. The van der Waals surface area contributed by atoms with Crippen LogP contribution in [0.25, 0.3) is 11.3 Å². The number of hydrogen-bond donors (Lipinski definition) is 1. The second-order valence-corrected chi connectivity index (χ2v) is 1.96.